The van der Waals surface area contributed by atoms with Crippen molar-refractivity contribution in [1.82, 2.24) is 15.5 Å². The van der Waals surface area contributed by atoms with Crippen LogP contribution in [0.2, 0.25) is 0 Å². The zero-order chi connectivity index (χ0) is 17.4. The average molecular weight is 339 g/mol. The van der Waals surface area contributed by atoms with Gasteiger partial charge in [0.15, 0.2) is 11.6 Å². The second-order valence-electron chi connectivity index (χ2n) is 5.62. The molecule has 3 rings (SSSR count). The summed E-state index contributed by atoms with van der Waals surface area (Å²) in [6.07, 6.45) is 0.211. The Morgan fingerprint density at radius 1 is 1.38 bits per heavy atom. The van der Waals surface area contributed by atoms with E-state index < -0.39 is 35.2 Å². The largest absolute Gasteiger partial charge is 0.496 e. The van der Waals surface area contributed by atoms with E-state index >= 15 is 0 Å². The number of carbonyl (C=O) groups is 3. The molecule has 7 nitrogen and oxygen atoms in total. The van der Waals surface area contributed by atoms with Crippen LogP contribution in [-0.2, 0) is 9.59 Å². The molecule has 128 valence electrons. The second kappa shape index (κ2) is 6.06. The minimum atomic E-state index is -1.31. The van der Waals surface area contributed by atoms with Gasteiger partial charge in [-0.3, -0.25) is 14.4 Å². The molecule has 0 radical (unpaired) electrons. The first kappa shape index (κ1) is 16.2. The fourth-order valence-electron chi connectivity index (χ4n) is 3.02. The molecule has 1 aromatic carbocycles. The van der Waals surface area contributed by atoms with Crippen molar-refractivity contribution in [2.24, 2.45) is 0 Å². The zero-order valence-corrected chi connectivity index (χ0v) is 12.8. The maximum absolute atomic E-state index is 13.9. The first-order chi connectivity index (χ1) is 11.4. The molecule has 24 heavy (non-hydrogen) atoms. The number of ether oxygens (including phenoxy) is 1. The lowest BCUT2D eigenvalue weighted by molar-refractivity contribution is -0.143. The van der Waals surface area contributed by atoms with E-state index in [-0.39, 0.29) is 37.1 Å². The molecular formula is C15H15F2N3O4. The molecule has 0 aromatic heterocycles. The summed E-state index contributed by atoms with van der Waals surface area (Å²) in [5.41, 5.74) is -0.543. The van der Waals surface area contributed by atoms with Gasteiger partial charge in [-0.1, -0.05) is 0 Å². The number of piperazine rings is 1. The Morgan fingerprint density at radius 2 is 2.12 bits per heavy atom. The van der Waals surface area contributed by atoms with Crippen molar-refractivity contribution in [2.45, 2.75) is 18.5 Å². The summed E-state index contributed by atoms with van der Waals surface area (Å²) in [5.74, 6) is -3.97. The Morgan fingerprint density at radius 3 is 2.79 bits per heavy atom. The number of hydrogen-bond donors (Lipinski definition) is 2. The van der Waals surface area contributed by atoms with Gasteiger partial charge in [-0.2, -0.15) is 0 Å². The third-order valence-corrected chi connectivity index (χ3v) is 4.18. The van der Waals surface area contributed by atoms with Crippen LogP contribution in [-0.4, -0.2) is 54.9 Å². The highest BCUT2D eigenvalue weighted by molar-refractivity contribution is 5.98. The molecule has 2 saturated heterocycles. The number of carbonyl (C=O) groups excluding carboxylic acids is 3. The maximum atomic E-state index is 13.9. The quantitative estimate of drug-likeness (QED) is 0.799. The summed E-state index contributed by atoms with van der Waals surface area (Å²) in [7, 11) is 1.24. The molecule has 3 amide bonds. The molecule has 0 bridgehead atoms. The van der Waals surface area contributed by atoms with E-state index in [9.17, 15) is 23.2 Å². The molecule has 2 fully saturated rings. The number of rotatable bonds is 3. The van der Waals surface area contributed by atoms with E-state index in [0.717, 1.165) is 12.1 Å². The molecule has 0 aliphatic carbocycles. The van der Waals surface area contributed by atoms with Crippen LogP contribution in [0.5, 0.6) is 5.75 Å². The normalized spacial score (nSPS) is 22.9. The van der Waals surface area contributed by atoms with Crippen LogP contribution in [0, 0.1) is 11.6 Å². The number of amides is 3. The number of methoxy groups -OCH3 is 1. The van der Waals surface area contributed by atoms with Crippen molar-refractivity contribution in [2.75, 3.05) is 20.2 Å². The number of hydrogen-bond acceptors (Lipinski definition) is 4. The summed E-state index contributed by atoms with van der Waals surface area (Å²) in [6, 6.07) is 0.824. The Bertz CT molecular complexity index is 701. The molecule has 0 spiro atoms. The molecule has 0 unspecified atom stereocenters. The van der Waals surface area contributed by atoms with Gasteiger partial charge < -0.3 is 20.3 Å². The molecule has 9 heteroatoms. The van der Waals surface area contributed by atoms with Crippen LogP contribution >= 0.6 is 0 Å². The number of halogens is 2. The highest BCUT2D eigenvalue weighted by Gasteiger charge is 2.43. The van der Waals surface area contributed by atoms with Gasteiger partial charge in [0.2, 0.25) is 11.8 Å². The second-order valence-corrected chi connectivity index (χ2v) is 5.62. The summed E-state index contributed by atoms with van der Waals surface area (Å²) in [6.45, 7) is 0.0598. The van der Waals surface area contributed by atoms with Crippen LogP contribution in [0.4, 0.5) is 8.78 Å². The molecule has 2 N–H and O–H groups in total. The monoisotopic (exact) mass is 339 g/mol. The van der Waals surface area contributed by atoms with Gasteiger partial charge in [0.05, 0.1) is 13.7 Å². The first-order valence-electron chi connectivity index (χ1n) is 7.32. The Hall–Kier alpha value is -2.71. The summed E-state index contributed by atoms with van der Waals surface area (Å²) >= 11 is 0. The minimum absolute atomic E-state index is 0.0810. The van der Waals surface area contributed by atoms with Crippen LogP contribution in [0.1, 0.15) is 16.8 Å². The van der Waals surface area contributed by atoms with Gasteiger partial charge in [-0.05, 0) is 18.6 Å². The minimum Gasteiger partial charge on any atom is -0.496 e. The number of fused-ring (bicyclic) bond motifs is 1. The van der Waals surface area contributed by atoms with Gasteiger partial charge in [-0.25, -0.2) is 8.78 Å². The smallest absolute Gasteiger partial charge is 0.258 e. The topological polar surface area (TPSA) is 87.7 Å². The molecule has 2 heterocycles. The van der Waals surface area contributed by atoms with Crippen LogP contribution < -0.4 is 15.4 Å². The van der Waals surface area contributed by atoms with Gasteiger partial charge in [-0.15, -0.1) is 0 Å². The van der Waals surface area contributed by atoms with Gasteiger partial charge >= 0.3 is 0 Å². The lowest BCUT2D eigenvalue weighted by atomic mass is 10.1. The molecule has 1 aromatic rings. The average Bonchev–Trinajstić information content (AvgIpc) is 2.98. The van der Waals surface area contributed by atoms with Gasteiger partial charge in [0, 0.05) is 12.6 Å². The predicted molar refractivity (Wildman–Crippen MR) is 77.3 cm³/mol. The van der Waals surface area contributed by atoms with Crippen molar-refractivity contribution in [3.8, 4) is 5.75 Å². The fourth-order valence-corrected chi connectivity index (χ4v) is 3.02. The van der Waals surface area contributed by atoms with Crippen molar-refractivity contribution in [1.29, 1.82) is 0 Å². The fraction of sp³-hybridized carbons (Fsp3) is 0.400. The zero-order valence-electron chi connectivity index (χ0n) is 12.8. The third-order valence-electron chi connectivity index (χ3n) is 4.18. The molecule has 0 saturated carbocycles. The van der Waals surface area contributed by atoms with E-state index in [0.29, 0.717) is 0 Å². The van der Waals surface area contributed by atoms with E-state index in [2.05, 4.69) is 10.6 Å². The van der Waals surface area contributed by atoms with Crippen molar-refractivity contribution in [3.05, 3.63) is 29.3 Å². The van der Waals surface area contributed by atoms with E-state index in [1.165, 1.54) is 12.0 Å². The summed E-state index contributed by atoms with van der Waals surface area (Å²) < 4.78 is 32.2. The Kier molecular flexibility index (Phi) is 4.08. The molecule has 2 atom stereocenters. The van der Waals surface area contributed by atoms with Crippen molar-refractivity contribution in [3.63, 3.8) is 0 Å². The standard InChI is InChI=1S/C15H15F2N3O4/c1-24-10-3-2-8(16)13(17)12(10)15(23)19-7-4-9-14(22)18-5-11(21)20(9)6-7/h2-3,7,9H,4-6H2,1H3,(H,18,22)(H,19,23)/t7-,9+/m1/s1. The van der Waals surface area contributed by atoms with E-state index in [1.807, 2.05) is 0 Å². The summed E-state index contributed by atoms with van der Waals surface area (Å²) in [4.78, 5) is 37.3. The van der Waals surface area contributed by atoms with Crippen LogP contribution in [0.3, 0.4) is 0 Å². The van der Waals surface area contributed by atoms with Gasteiger partial charge in [0.25, 0.3) is 5.91 Å². The van der Waals surface area contributed by atoms with E-state index in [1.54, 1.807) is 0 Å². The number of benzene rings is 1. The maximum Gasteiger partial charge on any atom is 0.258 e. The first-order valence-corrected chi connectivity index (χ1v) is 7.32. The predicted octanol–water partition coefficient (Wildman–Crippen LogP) is -0.197. The highest BCUT2D eigenvalue weighted by atomic mass is 19.2. The highest BCUT2D eigenvalue weighted by Crippen LogP contribution is 2.25. The summed E-state index contributed by atoms with van der Waals surface area (Å²) in [5, 5.41) is 5.01. The van der Waals surface area contributed by atoms with E-state index in [4.69, 9.17) is 4.74 Å². The Balaban J connectivity index is 1.78. The lowest BCUT2D eigenvalue weighted by Crippen LogP contribution is -2.55. The lowest BCUT2D eigenvalue weighted by Gasteiger charge is -2.28. The molecule has 2 aliphatic heterocycles. The van der Waals surface area contributed by atoms with Crippen molar-refractivity contribution < 1.29 is 27.9 Å². The van der Waals surface area contributed by atoms with Crippen LogP contribution in [0.25, 0.3) is 0 Å². The van der Waals surface area contributed by atoms with Crippen molar-refractivity contribution >= 4 is 17.7 Å². The molecular weight excluding hydrogens is 324 g/mol. The van der Waals surface area contributed by atoms with Gasteiger partial charge in [0.1, 0.15) is 17.4 Å². The van der Waals surface area contributed by atoms with Crippen LogP contribution in [0.15, 0.2) is 12.1 Å². The SMILES string of the molecule is COc1ccc(F)c(F)c1C(=O)N[C@@H]1C[C@H]2C(=O)NCC(=O)N2C1. The Labute approximate surface area is 135 Å². The molecule has 2 aliphatic rings. The number of nitrogens with zero attached hydrogens (tertiary/aromatic N) is 1. The third kappa shape index (κ3) is 2.66. The number of nitrogens with one attached hydrogen (secondary N) is 2.